The topological polar surface area (TPSA) is 122 Å². The van der Waals surface area contributed by atoms with E-state index < -0.39 is 24.5 Å². The van der Waals surface area contributed by atoms with Gasteiger partial charge in [-0.05, 0) is 18.2 Å². The molecule has 28 heavy (non-hydrogen) atoms. The Morgan fingerprint density at radius 3 is 2.75 bits per heavy atom. The van der Waals surface area contributed by atoms with Crippen LogP contribution < -0.4 is 14.8 Å². The van der Waals surface area contributed by atoms with Gasteiger partial charge in [0.25, 0.3) is 0 Å². The van der Waals surface area contributed by atoms with Gasteiger partial charge in [0.15, 0.2) is 4.96 Å². The number of hydrogen-bond donors (Lipinski definition) is 3. The average molecular weight is 405 g/mol. The molecule has 0 saturated carbocycles. The van der Waals surface area contributed by atoms with Crippen molar-refractivity contribution in [1.82, 2.24) is 14.7 Å². The van der Waals surface area contributed by atoms with E-state index in [1.807, 2.05) is 6.07 Å². The van der Waals surface area contributed by atoms with Crippen LogP contribution in [0, 0.1) is 0 Å². The van der Waals surface area contributed by atoms with Gasteiger partial charge in [0.2, 0.25) is 5.91 Å². The summed E-state index contributed by atoms with van der Waals surface area (Å²) in [6.07, 6.45) is 1.74. The highest BCUT2D eigenvalue weighted by atomic mass is 32.1. The predicted molar refractivity (Wildman–Crippen MR) is 102 cm³/mol. The summed E-state index contributed by atoms with van der Waals surface area (Å²) >= 11 is 1.36. The fourth-order valence-electron chi connectivity index (χ4n) is 2.70. The first kappa shape index (κ1) is 19.6. The van der Waals surface area contributed by atoms with Crippen molar-refractivity contribution in [2.45, 2.75) is 12.5 Å². The van der Waals surface area contributed by atoms with E-state index in [1.165, 1.54) is 11.3 Å². The zero-order valence-electron chi connectivity index (χ0n) is 15.2. The summed E-state index contributed by atoms with van der Waals surface area (Å²) in [6, 6.07) is 4.06. The molecule has 0 aliphatic rings. The first-order valence-corrected chi connectivity index (χ1v) is 9.15. The van der Waals surface area contributed by atoms with Crippen LogP contribution in [-0.2, 0) is 16.0 Å². The van der Waals surface area contributed by atoms with Gasteiger partial charge in [-0.3, -0.25) is 9.20 Å². The van der Waals surface area contributed by atoms with Crippen molar-refractivity contribution in [3.05, 3.63) is 35.5 Å². The van der Waals surface area contributed by atoms with Crippen molar-refractivity contribution in [3.8, 4) is 22.8 Å². The van der Waals surface area contributed by atoms with Crippen LogP contribution in [0.15, 0.2) is 29.8 Å². The number of aliphatic hydroxyl groups excluding tert-OH is 1. The van der Waals surface area contributed by atoms with Gasteiger partial charge >= 0.3 is 5.97 Å². The second-order valence-electron chi connectivity index (χ2n) is 5.89. The molecule has 1 atom stereocenters. The summed E-state index contributed by atoms with van der Waals surface area (Å²) < 4.78 is 12.4. The van der Waals surface area contributed by atoms with Crippen LogP contribution >= 0.6 is 11.3 Å². The molecule has 148 valence electrons. The number of nitrogens with one attached hydrogen (secondary N) is 1. The van der Waals surface area contributed by atoms with Crippen LogP contribution in [0.4, 0.5) is 0 Å². The Morgan fingerprint density at radius 2 is 2.11 bits per heavy atom. The Labute approximate surface area is 164 Å². The molecule has 0 aliphatic carbocycles. The van der Waals surface area contributed by atoms with E-state index in [0.717, 1.165) is 5.56 Å². The summed E-state index contributed by atoms with van der Waals surface area (Å²) in [7, 11) is 3.14. The Morgan fingerprint density at radius 1 is 1.32 bits per heavy atom. The number of amides is 1. The minimum absolute atomic E-state index is 0.0468. The molecule has 0 aliphatic heterocycles. The van der Waals surface area contributed by atoms with Crippen molar-refractivity contribution in [1.29, 1.82) is 0 Å². The van der Waals surface area contributed by atoms with Crippen molar-refractivity contribution in [2.75, 3.05) is 20.8 Å². The minimum Gasteiger partial charge on any atom is -0.497 e. The van der Waals surface area contributed by atoms with Crippen molar-refractivity contribution < 1.29 is 29.3 Å². The summed E-state index contributed by atoms with van der Waals surface area (Å²) in [5.41, 5.74) is 2.06. The average Bonchev–Trinajstić information content (AvgIpc) is 3.27. The first-order valence-electron chi connectivity index (χ1n) is 8.27. The van der Waals surface area contributed by atoms with E-state index in [1.54, 1.807) is 42.3 Å². The molecule has 9 nitrogen and oxygen atoms in total. The number of fused-ring (bicyclic) bond motifs is 1. The van der Waals surface area contributed by atoms with E-state index in [9.17, 15) is 9.59 Å². The van der Waals surface area contributed by atoms with E-state index >= 15 is 0 Å². The Balaban J connectivity index is 1.88. The van der Waals surface area contributed by atoms with Gasteiger partial charge in [-0.25, -0.2) is 9.78 Å². The smallest absolute Gasteiger partial charge is 0.328 e. The monoisotopic (exact) mass is 405 g/mol. The molecule has 10 heteroatoms. The molecule has 3 rings (SSSR count). The number of aromatic nitrogens is 2. The number of aliphatic hydroxyl groups is 1. The lowest BCUT2D eigenvalue weighted by Gasteiger charge is -2.11. The molecule has 0 radical (unpaired) electrons. The maximum absolute atomic E-state index is 12.1. The zero-order chi connectivity index (χ0) is 20.3. The Bertz CT molecular complexity index is 1010. The van der Waals surface area contributed by atoms with Crippen molar-refractivity contribution >= 4 is 28.2 Å². The number of rotatable bonds is 8. The van der Waals surface area contributed by atoms with E-state index in [-0.39, 0.29) is 6.42 Å². The van der Waals surface area contributed by atoms with E-state index in [4.69, 9.17) is 19.7 Å². The molecule has 1 unspecified atom stereocenters. The summed E-state index contributed by atoms with van der Waals surface area (Å²) in [4.78, 5) is 28.3. The number of carboxylic acids is 1. The van der Waals surface area contributed by atoms with Gasteiger partial charge in [0.05, 0.1) is 32.9 Å². The number of imidazole rings is 1. The molecule has 1 aromatic carbocycles. The third-order valence-corrected chi connectivity index (χ3v) is 5.01. The van der Waals surface area contributed by atoms with Gasteiger partial charge in [-0.2, -0.15) is 0 Å². The predicted octanol–water partition coefficient (Wildman–Crippen LogP) is 1.18. The highest BCUT2D eigenvalue weighted by Gasteiger charge is 2.20. The fraction of sp³-hybridized carbons (Fsp3) is 0.278. The Hall–Kier alpha value is -3.11. The van der Waals surface area contributed by atoms with Gasteiger partial charge in [0, 0.05) is 22.8 Å². The lowest BCUT2D eigenvalue weighted by molar-refractivity contribution is -0.142. The number of carbonyl (C=O) groups is 2. The number of carbonyl (C=O) groups excluding carboxylic acids is 1. The fourth-order valence-corrected chi connectivity index (χ4v) is 3.57. The van der Waals surface area contributed by atoms with Crippen LogP contribution in [0.2, 0.25) is 0 Å². The lowest BCUT2D eigenvalue weighted by Crippen LogP contribution is -2.44. The molecule has 0 bridgehead atoms. The third kappa shape index (κ3) is 3.92. The van der Waals surface area contributed by atoms with E-state index in [2.05, 4.69) is 10.3 Å². The van der Waals surface area contributed by atoms with Crippen LogP contribution in [0.5, 0.6) is 11.5 Å². The molecule has 0 fully saturated rings. The van der Waals surface area contributed by atoms with Crippen molar-refractivity contribution in [3.63, 3.8) is 0 Å². The standard InChI is InChI=1S/C18H19N3O6S/c1-26-11-3-4-15(27-2)12(6-11)13-7-21-10(9-28-18(21)20-13)5-16(23)19-14(8-22)17(24)25/h3-4,6-7,9,14,22H,5,8H2,1-2H3,(H,19,23)(H,24,25). The number of thiazole rings is 1. The van der Waals surface area contributed by atoms with Crippen LogP contribution in [0.3, 0.4) is 0 Å². The maximum atomic E-state index is 12.1. The second-order valence-corrected chi connectivity index (χ2v) is 6.73. The first-order chi connectivity index (χ1) is 13.5. The number of benzene rings is 1. The molecule has 0 saturated heterocycles. The minimum atomic E-state index is -1.33. The van der Waals surface area contributed by atoms with Gasteiger partial charge in [0.1, 0.15) is 17.5 Å². The number of hydrogen-bond acceptors (Lipinski definition) is 7. The highest BCUT2D eigenvalue weighted by molar-refractivity contribution is 7.15. The number of methoxy groups -OCH3 is 2. The SMILES string of the molecule is COc1ccc(OC)c(-c2cn3c(CC(=O)NC(CO)C(=O)O)csc3n2)c1. The third-order valence-electron chi connectivity index (χ3n) is 4.12. The second kappa shape index (κ2) is 8.28. The molecule has 2 heterocycles. The van der Waals surface area contributed by atoms with Gasteiger partial charge in [-0.1, -0.05) is 0 Å². The van der Waals surface area contributed by atoms with Gasteiger partial charge < -0.3 is 25.0 Å². The van der Waals surface area contributed by atoms with E-state index in [0.29, 0.717) is 27.8 Å². The summed E-state index contributed by atoms with van der Waals surface area (Å²) in [6.45, 7) is -0.676. The highest BCUT2D eigenvalue weighted by Crippen LogP contribution is 2.34. The van der Waals surface area contributed by atoms with Crippen molar-refractivity contribution in [2.24, 2.45) is 0 Å². The molecular weight excluding hydrogens is 386 g/mol. The molecule has 3 N–H and O–H groups in total. The normalized spacial score (nSPS) is 12.0. The number of nitrogens with zero attached hydrogens (tertiary/aromatic N) is 2. The zero-order valence-corrected chi connectivity index (χ0v) is 16.0. The lowest BCUT2D eigenvalue weighted by atomic mass is 10.1. The summed E-state index contributed by atoms with van der Waals surface area (Å²) in [5.74, 6) is -0.495. The molecule has 1 amide bonds. The molecule has 3 aromatic rings. The molecular formula is C18H19N3O6S. The number of ether oxygens (including phenoxy) is 2. The Kier molecular flexibility index (Phi) is 5.81. The largest absolute Gasteiger partial charge is 0.497 e. The molecule has 2 aromatic heterocycles. The summed E-state index contributed by atoms with van der Waals surface area (Å²) in [5, 5.41) is 22.0. The number of aliphatic carboxylic acids is 1. The number of carboxylic acid groups (broad SMARTS) is 1. The maximum Gasteiger partial charge on any atom is 0.328 e. The van der Waals surface area contributed by atoms with Crippen LogP contribution in [-0.4, -0.2) is 58.3 Å². The van der Waals surface area contributed by atoms with Crippen LogP contribution in [0.1, 0.15) is 5.69 Å². The quantitative estimate of drug-likeness (QED) is 0.514. The van der Waals surface area contributed by atoms with Gasteiger partial charge in [-0.15, -0.1) is 11.3 Å². The van der Waals surface area contributed by atoms with Crippen LogP contribution in [0.25, 0.3) is 16.2 Å². The molecule has 0 spiro atoms.